The molecule has 0 radical (unpaired) electrons. The molecule has 0 unspecified atom stereocenters. The number of nitro benzene ring substituents is 1. The van der Waals surface area contributed by atoms with E-state index in [2.05, 4.69) is 0 Å². The Labute approximate surface area is 138 Å². The fourth-order valence-corrected chi connectivity index (χ4v) is 2.76. The topological polar surface area (TPSA) is 83.8 Å². The zero-order valence-electron chi connectivity index (χ0n) is 13.0. The van der Waals surface area contributed by atoms with Gasteiger partial charge in [-0.3, -0.25) is 19.7 Å². The van der Waals surface area contributed by atoms with E-state index in [1.807, 2.05) is 0 Å². The molecule has 7 heteroatoms. The summed E-state index contributed by atoms with van der Waals surface area (Å²) in [6.45, 7) is -0.0764. The van der Waals surface area contributed by atoms with Crippen molar-refractivity contribution in [1.29, 1.82) is 0 Å². The molecule has 2 aromatic carbocycles. The summed E-state index contributed by atoms with van der Waals surface area (Å²) in [5, 5.41) is 11.1. The average Bonchev–Trinajstić information content (AvgIpc) is 2.58. The van der Waals surface area contributed by atoms with Crippen LogP contribution in [0.1, 0.15) is 5.56 Å². The Kier molecular flexibility index (Phi) is 3.99. The lowest BCUT2D eigenvalue weighted by Crippen LogP contribution is -2.47. The highest BCUT2D eigenvalue weighted by molar-refractivity contribution is 6.11. The first-order chi connectivity index (χ1) is 11.5. The fourth-order valence-electron chi connectivity index (χ4n) is 2.76. The molecular formula is C17H15N3O4. The van der Waals surface area contributed by atoms with Gasteiger partial charge in [0.1, 0.15) is 6.54 Å². The van der Waals surface area contributed by atoms with Gasteiger partial charge >= 0.3 is 0 Å². The van der Waals surface area contributed by atoms with Gasteiger partial charge in [0, 0.05) is 18.7 Å². The molecule has 122 valence electrons. The van der Waals surface area contributed by atoms with E-state index in [1.54, 1.807) is 49.5 Å². The lowest BCUT2D eigenvalue weighted by atomic mass is 10.1. The number of rotatable bonds is 3. The molecule has 1 heterocycles. The van der Waals surface area contributed by atoms with E-state index in [-0.39, 0.29) is 30.5 Å². The van der Waals surface area contributed by atoms with Crippen molar-refractivity contribution in [2.75, 3.05) is 23.4 Å². The summed E-state index contributed by atoms with van der Waals surface area (Å²) in [6, 6.07) is 13.2. The maximum Gasteiger partial charge on any atom is 0.273 e. The molecular weight excluding hydrogens is 310 g/mol. The third-order valence-electron chi connectivity index (χ3n) is 4.03. The Balaban J connectivity index is 1.93. The molecule has 0 bridgehead atoms. The molecule has 1 aliphatic heterocycles. The third-order valence-corrected chi connectivity index (χ3v) is 4.03. The second-order valence-corrected chi connectivity index (χ2v) is 5.48. The summed E-state index contributed by atoms with van der Waals surface area (Å²) in [6.07, 6.45) is -0.136. The molecule has 7 nitrogen and oxygen atoms in total. The number of amides is 2. The maximum atomic E-state index is 12.7. The van der Waals surface area contributed by atoms with E-state index in [9.17, 15) is 19.7 Å². The second kappa shape index (κ2) is 6.11. The Morgan fingerprint density at radius 3 is 2.46 bits per heavy atom. The summed E-state index contributed by atoms with van der Waals surface area (Å²) < 4.78 is 0. The molecule has 2 amide bonds. The predicted molar refractivity (Wildman–Crippen MR) is 89.0 cm³/mol. The number of hydrogen-bond donors (Lipinski definition) is 0. The number of carbonyl (C=O) groups excluding carboxylic acids is 2. The number of fused-ring (bicyclic) bond motifs is 1. The summed E-state index contributed by atoms with van der Waals surface area (Å²) in [7, 11) is 1.66. The maximum absolute atomic E-state index is 12.7. The molecule has 0 aliphatic carbocycles. The van der Waals surface area contributed by atoms with E-state index in [4.69, 9.17) is 0 Å². The van der Waals surface area contributed by atoms with Crippen molar-refractivity contribution in [2.45, 2.75) is 6.42 Å². The zero-order valence-corrected chi connectivity index (χ0v) is 13.0. The van der Waals surface area contributed by atoms with E-state index in [0.717, 1.165) is 0 Å². The van der Waals surface area contributed by atoms with Crippen LogP contribution in [0.2, 0.25) is 0 Å². The largest absolute Gasteiger partial charge is 0.312 e. The van der Waals surface area contributed by atoms with Crippen LogP contribution in [-0.2, 0) is 16.0 Å². The summed E-state index contributed by atoms with van der Waals surface area (Å²) in [4.78, 5) is 38.3. The smallest absolute Gasteiger partial charge is 0.273 e. The van der Waals surface area contributed by atoms with Gasteiger partial charge in [-0.05, 0) is 12.1 Å². The van der Waals surface area contributed by atoms with Gasteiger partial charge in [-0.1, -0.05) is 30.3 Å². The molecule has 2 aromatic rings. The van der Waals surface area contributed by atoms with Gasteiger partial charge in [-0.15, -0.1) is 0 Å². The SMILES string of the molecule is CN1C(=O)CN(C(=O)Cc2ccccc2[N+](=O)[O-])c2ccccc21. The number of likely N-dealkylation sites (N-methyl/N-ethyl adjacent to an activating group) is 1. The average molecular weight is 325 g/mol. The van der Waals surface area contributed by atoms with E-state index in [0.29, 0.717) is 16.9 Å². The Hall–Kier alpha value is -3.22. The molecule has 1 aliphatic rings. The number of hydrogen-bond acceptors (Lipinski definition) is 4. The highest BCUT2D eigenvalue weighted by Crippen LogP contribution is 2.33. The minimum absolute atomic E-state index is 0.0764. The van der Waals surface area contributed by atoms with Crippen LogP contribution in [0.4, 0.5) is 17.1 Å². The van der Waals surface area contributed by atoms with Crippen molar-refractivity contribution in [3.8, 4) is 0 Å². The number of carbonyl (C=O) groups is 2. The van der Waals surface area contributed by atoms with Crippen LogP contribution in [0, 0.1) is 10.1 Å². The summed E-state index contributed by atoms with van der Waals surface area (Å²) >= 11 is 0. The van der Waals surface area contributed by atoms with Gasteiger partial charge < -0.3 is 9.80 Å². The van der Waals surface area contributed by atoms with Crippen molar-refractivity contribution in [3.63, 3.8) is 0 Å². The highest BCUT2D eigenvalue weighted by atomic mass is 16.6. The van der Waals surface area contributed by atoms with Crippen molar-refractivity contribution in [1.82, 2.24) is 0 Å². The van der Waals surface area contributed by atoms with Crippen LogP contribution >= 0.6 is 0 Å². The first kappa shape index (κ1) is 15.7. The van der Waals surface area contributed by atoms with E-state index < -0.39 is 4.92 Å². The third kappa shape index (κ3) is 2.71. The van der Waals surface area contributed by atoms with Gasteiger partial charge in [-0.25, -0.2) is 0 Å². The lowest BCUT2D eigenvalue weighted by Gasteiger charge is -2.34. The molecule has 0 spiro atoms. The van der Waals surface area contributed by atoms with Crippen molar-refractivity contribution < 1.29 is 14.5 Å². The van der Waals surface area contributed by atoms with Crippen LogP contribution in [0.5, 0.6) is 0 Å². The molecule has 0 saturated heterocycles. The standard InChI is InChI=1S/C17H15N3O4/c1-18-14-8-4-5-9-15(14)19(11-17(18)22)16(21)10-12-6-2-3-7-13(12)20(23)24/h2-9H,10-11H2,1H3. The second-order valence-electron chi connectivity index (χ2n) is 5.48. The molecule has 0 aromatic heterocycles. The first-order valence-electron chi connectivity index (χ1n) is 7.37. The molecule has 24 heavy (non-hydrogen) atoms. The Morgan fingerprint density at radius 1 is 1.12 bits per heavy atom. The van der Waals surface area contributed by atoms with Gasteiger partial charge in [0.25, 0.3) is 5.69 Å². The fraction of sp³-hybridized carbons (Fsp3) is 0.176. The lowest BCUT2D eigenvalue weighted by molar-refractivity contribution is -0.385. The number of para-hydroxylation sites is 3. The van der Waals surface area contributed by atoms with Crippen LogP contribution in [-0.4, -0.2) is 30.3 Å². The van der Waals surface area contributed by atoms with Crippen LogP contribution < -0.4 is 9.80 Å². The first-order valence-corrected chi connectivity index (χ1v) is 7.37. The van der Waals surface area contributed by atoms with E-state index in [1.165, 1.54) is 15.9 Å². The normalized spacial score (nSPS) is 13.6. The predicted octanol–water partition coefficient (Wildman–Crippen LogP) is 2.15. The molecule has 0 N–H and O–H groups in total. The van der Waals surface area contributed by atoms with E-state index >= 15 is 0 Å². The van der Waals surface area contributed by atoms with Crippen molar-refractivity contribution in [3.05, 3.63) is 64.2 Å². The van der Waals surface area contributed by atoms with Gasteiger partial charge in [0.05, 0.1) is 22.7 Å². The van der Waals surface area contributed by atoms with Crippen LogP contribution in [0.25, 0.3) is 0 Å². The Morgan fingerprint density at radius 2 is 1.75 bits per heavy atom. The van der Waals surface area contributed by atoms with Gasteiger partial charge in [0.2, 0.25) is 11.8 Å². The summed E-state index contributed by atoms with van der Waals surface area (Å²) in [5.41, 5.74) is 1.50. The van der Waals surface area contributed by atoms with Crippen molar-refractivity contribution >= 4 is 28.9 Å². The van der Waals surface area contributed by atoms with Gasteiger partial charge in [-0.2, -0.15) is 0 Å². The number of benzene rings is 2. The van der Waals surface area contributed by atoms with Crippen molar-refractivity contribution in [2.24, 2.45) is 0 Å². The quantitative estimate of drug-likeness (QED) is 0.639. The number of nitrogens with zero attached hydrogens (tertiary/aromatic N) is 3. The monoisotopic (exact) mass is 325 g/mol. The molecule has 0 saturated carbocycles. The molecule has 3 rings (SSSR count). The molecule has 0 atom stereocenters. The minimum atomic E-state index is -0.508. The van der Waals surface area contributed by atoms with Crippen LogP contribution in [0.3, 0.4) is 0 Å². The summed E-state index contributed by atoms with van der Waals surface area (Å²) in [5.74, 6) is -0.553. The number of anilines is 2. The Bertz CT molecular complexity index is 834. The molecule has 0 fully saturated rings. The minimum Gasteiger partial charge on any atom is -0.312 e. The van der Waals surface area contributed by atoms with Gasteiger partial charge in [0.15, 0.2) is 0 Å². The zero-order chi connectivity index (χ0) is 17.3. The number of nitro groups is 1. The highest BCUT2D eigenvalue weighted by Gasteiger charge is 2.31. The van der Waals surface area contributed by atoms with Crippen LogP contribution in [0.15, 0.2) is 48.5 Å².